The van der Waals surface area contributed by atoms with Gasteiger partial charge in [-0.05, 0) is 24.1 Å². The van der Waals surface area contributed by atoms with E-state index >= 15 is 0 Å². The van der Waals surface area contributed by atoms with E-state index in [0.29, 0.717) is 0 Å². The van der Waals surface area contributed by atoms with E-state index in [-0.39, 0.29) is 5.41 Å². The number of benzene rings is 1. The molecule has 0 radical (unpaired) electrons. The molecule has 0 bridgehead atoms. The summed E-state index contributed by atoms with van der Waals surface area (Å²) in [6, 6.07) is 12.8. The normalized spacial score (nSPS) is 11.4. The summed E-state index contributed by atoms with van der Waals surface area (Å²) in [5, 5.41) is 0. The molecule has 0 fully saturated rings. The highest BCUT2D eigenvalue weighted by atomic mass is 14.6. The summed E-state index contributed by atoms with van der Waals surface area (Å²) in [5.74, 6) is 0. The van der Waals surface area contributed by atoms with Crippen molar-refractivity contribution in [3.05, 3.63) is 65.5 Å². The summed E-state index contributed by atoms with van der Waals surface area (Å²) < 4.78 is 0. The van der Waals surface area contributed by atoms with Crippen LogP contribution >= 0.6 is 0 Å². The smallest absolute Gasteiger partial charge is 0.0308 e. The Kier molecular flexibility index (Phi) is 2.78. The van der Waals surface area contributed by atoms with Crippen molar-refractivity contribution in [1.82, 2.24) is 4.98 Å². The summed E-state index contributed by atoms with van der Waals surface area (Å²) in [5.41, 5.74) is 3.89. The van der Waals surface area contributed by atoms with Crippen LogP contribution in [0.15, 0.2) is 48.8 Å². The molecule has 0 aliphatic rings. The fraction of sp³-hybridized carbons (Fsp3) is 0.267. The minimum Gasteiger partial charge on any atom is -0.264 e. The van der Waals surface area contributed by atoms with E-state index in [0.717, 1.165) is 0 Å². The average Bonchev–Trinajstić information content (AvgIpc) is 2.31. The molecule has 1 heteroatoms. The van der Waals surface area contributed by atoms with Crippen molar-refractivity contribution in [2.75, 3.05) is 0 Å². The molecule has 2 aromatic rings. The first kappa shape index (κ1) is 10.9. The molecule has 0 N–H and O–H groups in total. The van der Waals surface area contributed by atoms with Crippen LogP contribution in [0.5, 0.6) is 0 Å². The SMILES string of the molecule is Cc1ccc(C(C)(C)c2cccnc2)cc1. The number of hydrogen-bond acceptors (Lipinski definition) is 1. The lowest BCUT2D eigenvalue weighted by Crippen LogP contribution is -2.18. The molecule has 0 amide bonds. The van der Waals surface area contributed by atoms with Crippen LogP contribution in [0.3, 0.4) is 0 Å². The third kappa shape index (κ3) is 1.99. The van der Waals surface area contributed by atoms with Gasteiger partial charge in [-0.3, -0.25) is 4.98 Å². The lowest BCUT2D eigenvalue weighted by Gasteiger charge is -2.25. The number of aromatic nitrogens is 1. The predicted octanol–water partition coefficient (Wildman–Crippen LogP) is 3.72. The molecule has 2 rings (SSSR count). The van der Waals surface area contributed by atoms with Crippen molar-refractivity contribution in [3.63, 3.8) is 0 Å². The van der Waals surface area contributed by atoms with Gasteiger partial charge in [0.05, 0.1) is 0 Å². The van der Waals surface area contributed by atoms with Gasteiger partial charge < -0.3 is 0 Å². The lowest BCUT2D eigenvalue weighted by molar-refractivity contribution is 0.637. The first-order valence-corrected chi connectivity index (χ1v) is 5.58. The third-order valence-electron chi connectivity index (χ3n) is 3.16. The largest absolute Gasteiger partial charge is 0.264 e. The Morgan fingerprint density at radius 3 is 2.19 bits per heavy atom. The average molecular weight is 211 g/mol. The van der Waals surface area contributed by atoms with E-state index in [1.165, 1.54) is 16.7 Å². The Labute approximate surface area is 97.2 Å². The zero-order valence-electron chi connectivity index (χ0n) is 10.1. The fourth-order valence-electron chi connectivity index (χ4n) is 1.87. The highest BCUT2D eigenvalue weighted by Gasteiger charge is 2.22. The maximum absolute atomic E-state index is 4.19. The van der Waals surface area contributed by atoms with Crippen LogP contribution in [-0.4, -0.2) is 4.98 Å². The number of nitrogens with zero attached hydrogens (tertiary/aromatic N) is 1. The second-order valence-electron chi connectivity index (χ2n) is 4.73. The molecule has 1 aromatic heterocycles. The highest BCUT2D eigenvalue weighted by Crippen LogP contribution is 2.30. The molecule has 1 nitrogen and oxygen atoms in total. The molecule has 0 spiro atoms. The van der Waals surface area contributed by atoms with Crippen LogP contribution in [0.2, 0.25) is 0 Å². The van der Waals surface area contributed by atoms with Crippen molar-refractivity contribution < 1.29 is 0 Å². The summed E-state index contributed by atoms with van der Waals surface area (Å²) in [6.45, 7) is 6.57. The van der Waals surface area contributed by atoms with E-state index in [1.807, 2.05) is 18.5 Å². The van der Waals surface area contributed by atoms with Gasteiger partial charge in [0, 0.05) is 17.8 Å². The molecule has 0 saturated carbocycles. The van der Waals surface area contributed by atoms with Crippen molar-refractivity contribution in [3.8, 4) is 0 Å². The molecule has 0 aliphatic heterocycles. The number of aryl methyl sites for hydroxylation is 1. The van der Waals surface area contributed by atoms with Crippen LogP contribution in [0, 0.1) is 6.92 Å². The molecule has 0 aliphatic carbocycles. The second kappa shape index (κ2) is 4.09. The standard InChI is InChI=1S/C15H17N/c1-12-6-8-13(9-7-12)15(2,3)14-5-4-10-16-11-14/h4-11H,1-3H3. The molecule has 1 heterocycles. The molecular formula is C15H17N. The maximum atomic E-state index is 4.19. The topological polar surface area (TPSA) is 12.9 Å². The summed E-state index contributed by atoms with van der Waals surface area (Å²) in [4.78, 5) is 4.19. The van der Waals surface area contributed by atoms with Crippen LogP contribution in [0.25, 0.3) is 0 Å². The first-order chi connectivity index (χ1) is 7.60. The van der Waals surface area contributed by atoms with Gasteiger partial charge >= 0.3 is 0 Å². The Morgan fingerprint density at radius 2 is 1.62 bits per heavy atom. The molecule has 82 valence electrons. The monoisotopic (exact) mass is 211 g/mol. The zero-order valence-corrected chi connectivity index (χ0v) is 10.1. The Balaban J connectivity index is 2.43. The van der Waals surface area contributed by atoms with Crippen LogP contribution < -0.4 is 0 Å². The third-order valence-corrected chi connectivity index (χ3v) is 3.16. The minimum absolute atomic E-state index is 0.0158. The minimum atomic E-state index is 0.0158. The van der Waals surface area contributed by atoms with Crippen molar-refractivity contribution >= 4 is 0 Å². The van der Waals surface area contributed by atoms with Gasteiger partial charge in [-0.1, -0.05) is 49.7 Å². The van der Waals surface area contributed by atoms with Gasteiger partial charge in [-0.25, -0.2) is 0 Å². The Morgan fingerprint density at radius 1 is 0.938 bits per heavy atom. The fourth-order valence-corrected chi connectivity index (χ4v) is 1.87. The summed E-state index contributed by atoms with van der Waals surface area (Å²) >= 11 is 0. The number of rotatable bonds is 2. The van der Waals surface area contributed by atoms with Gasteiger partial charge in [-0.2, -0.15) is 0 Å². The van der Waals surface area contributed by atoms with Gasteiger partial charge in [0.15, 0.2) is 0 Å². The molecular weight excluding hydrogens is 194 g/mol. The van der Waals surface area contributed by atoms with E-state index in [2.05, 4.69) is 56.1 Å². The maximum Gasteiger partial charge on any atom is 0.0308 e. The molecule has 0 atom stereocenters. The molecule has 1 aromatic carbocycles. The summed E-state index contributed by atoms with van der Waals surface area (Å²) in [6.07, 6.45) is 3.76. The van der Waals surface area contributed by atoms with Gasteiger partial charge in [0.1, 0.15) is 0 Å². The van der Waals surface area contributed by atoms with Crippen LogP contribution in [0.4, 0.5) is 0 Å². The van der Waals surface area contributed by atoms with Crippen LogP contribution in [-0.2, 0) is 5.41 Å². The second-order valence-corrected chi connectivity index (χ2v) is 4.73. The predicted molar refractivity (Wildman–Crippen MR) is 67.5 cm³/mol. The molecule has 0 saturated heterocycles. The van der Waals surface area contributed by atoms with E-state index in [9.17, 15) is 0 Å². The molecule has 0 unspecified atom stereocenters. The van der Waals surface area contributed by atoms with Crippen molar-refractivity contribution in [2.45, 2.75) is 26.2 Å². The van der Waals surface area contributed by atoms with Gasteiger partial charge in [0.25, 0.3) is 0 Å². The van der Waals surface area contributed by atoms with Crippen molar-refractivity contribution in [2.24, 2.45) is 0 Å². The van der Waals surface area contributed by atoms with Crippen molar-refractivity contribution in [1.29, 1.82) is 0 Å². The Bertz CT molecular complexity index is 455. The van der Waals surface area contributed by atoms with E-state index in [4.69, 9.17) is 0 Å². The first-order valence-electron chi connectivity index (χ1n) is 5.58. The zero-order chi connectivity index (χ0) is 11.6. The molecule has 16 heavy (non-hydrogen) atoms. The summed E-state index contributed by atoms with van der Waals surface area (Å²) in [7, 11) is 0. The van der Waals surface area contributed by atoms with Gasteiger partial charge in [-0.15, -0.1) is 0 Å². The number of hydrogen-bond donors (Lipinski definition) is 0. The van der Waals surface area contributed by atoms with Crippen LogP contribution in [0.1, 0.15) is 30.5 Å². The van der Waals surface area contributed by atoms with Gasteiger partial charge in [0.2, 0.25) is 0 Å². The van der Waals surface area contributed by atoms with E-state index in [1.54, 1.807) is 0 Å². The highest BCUT2D eigenvalue weighted by molar-refractivity contribution is 5.37. The lowest BCUT2D eigenvalue weighted by atomic mass is 9.79. The van der Waals surface area contributed by atoms with E-state index < -0.39 is 0 Å². The number of pyridine rings is 1. The quantitative estimate of drug-likeness (QED) is 0.737. The Hall–Kier alpha value is -1.63.